The van der Waals surface area contributed by atoms with Crippen LogP contribution in [0.15, 0.2) is 18.2 Å². The fourth-order valence-corrected chi connectivity index (χ4v) is 1.97. The van der Waals surface area contributed by atoms with Gasteiger partial charge < -0.3 is 4.90 Å². The fourth-order valence-electron chi connectivity index (χ4n) is 1.97. The van der Waals surface area contributed by atoms with E-state index in [1.165, 1.54) is 4.90 Å². The molecule has 2 rings (SSSR count). The summed E-state index contributed by atoms with van der Waals surface area (Å²) in [5.74, 6) is -1.14. The van der Waals surface area contributed by atoms with E-state index < -0.39 is 16.6 Å². The minimum atomic E-state index is -0.665. The van der Waals surface area contributed by atoms with E-state index in [-0.39, 0.29) is 17.3 Å². The van der Waals surface area contributed by atoms with Gasteiger partial charge in [-0.25, -0.2) is 4.39 Å². The van der Waals surface area contributed by atoms with Crippen molar-refractivity contribution in [3.8, 4) is 0 Å². The molecule has 5 nitrogen and oxygen atoms in total. The van der Waals surface area contributed by atoms with Gasteiger partial charge in [-0.1, -0.05) is 0 Å². The first-order valence-electron chi connectivity index (χ1n) is 5.72. The molecule has 0 N–H and O–H groups in total. The zero-order chi connectivity index (χ0) is 13.3. The van der Waals surface area contributed by atoms with Crippen LogP contribution >= 0.6 is 0 Å². The van der Waals surface area contributed by atoms with Crippen molar-refractivity contribution in [2.45, 2.75) is 25.3 Å². The molecule has 0 heterocycles. The lowest BCUT2D eigenvalue weighted by Crippen LogP contribution is -2.41. The molecule has 1 aromatic carbocycles. The highest BCUT2D eigenvalue weighted by Gasteiger charge is 2.30. The van der Waals surface area contributed by atoms with E-state index >= 15 is 0 Å². The topological polar surface area (TPSA) is 63.5 Å². The van der Waals surface area contributed by atoms with Gasteiger partial charge in [0, 0.05) is 19.2 Å². The fraction of sp³-hybridized carbons (Fsp3) is 0.417. The van der Waals surface area contributed by atoms with Crippen LogP contribution in [0.3, 0.4) is 0 Å². The summed E-state index contributed by atoms with van der Waals surface area (Å²) >= 11 is 0. The molecule has 6 heteroatoms. The monoisotopic (exact) mass is 252 g/mol. The van der Waals surface area contributed by atoms with Gasteiger partial charge in [-0.3, -0.25) is 14.9 Å². The Kier molecular flexibility index (Phi) is 3.27. The Hall–Kier alpha value is -1.98. The van der Waals surface area contributed by atoms with E-state index in [1.807, 2.05) is 0 Å². The standard InChI is InChI=1S/C12H13FN2O3/c1-14(9-3-2-4-9)12(16)10-7-8(13)5-6-11(10)15(17)18/h5-7,9H,2-4H2,1H3. The first-order valence-corrected chi connectivity index (χ1v) is 5.72. The highest BCUT2D eigenvalue weighted by Crippen LogP contribution is 2.27. The molecule has 1 aromatic rings. The third-order valence-electron chi connectivity index (χ3n) is 3.33. The number of amides is 1. The Morgan fingerprint density at radius 3 is 2.67 bits per heavy atom. The molecule has 96 valence electrons. The van der Waals surface area contributed by atoms with Crippen molar-refractivity contribution in [3.63, 3.8) is 0 Å². The zero-order valence-corrected chi connectivity index (χ0v) is 9.93. The van der Waals surface area contributed by atoms with Gasteiger partial charge >= 0.3 is 0 Å². The van der Waals surface area contributed by atoms with Crippen molar-refractivity contribution < 1.29 is 14.1 Å². The molecule has 1 saturated carbocycles. The van der Waals surface area contributed by atoms with Crippen LogP contribution in [-0.4, -0.2) is 28.8 Å². The molecule has 1 aliphatic rings. The number of nitro benzene ring substituents is 1. The molecule has 18 heavy (non-hydrogen) atoms. The predicted molar refractivity (Wildman–Crippen MR) is 62.8 cm³/mol. The Bertz CT molecular complexity index is 500. The lowest BCUT2D eigenvalue weighted by molar-refractivity contribution is -0.385. The van der Waals surface area contributed by atoms with E-state index in [4.69, 9.17) is 0 Å². The molecule has 0 radical (unpaired) electrons. The van der Waals surface area contributed by atoms with Crippen LogP contribution in [0.2, 0.25) is 0 Å². The summed E-state index contributed by atoms with van der Waals surface area (Å²) in [7, 11) is 1.60. The van der Waals surface area contributed by atoms with Gasteiger partial charge in [-0.15, -0.1) is 0 Å². The van der Waals surface area contributed by atoms with E-state index in [9.17, 15) is 19.3 Å². The molecular weight excluding hydrogens is 239 g/mol. The average Bonchev–Trinajstić information content (AvgIpc) is 2.25. The van der Waals surface area contributed by atoms with Crippen LogP contribution in [0.4, 0.5) is 10.1 Å². The van der Waals surface area contributed by atoms with E-state index in [2.05, 4.69) is 0 Å². The molecule has 0 bridgehead atoms. The molecule has 0 unspecified atom stereocenters. The normalized spacial score (nSPS) is 15.0. The molecule has 1 aliphatic carbocycles. The number of halogens is 1. The lowest BCUT2D eigenvalue weighted by Gasteiger charge is -2.34. The van der Waals surface area contributed by atoms with Gasteiger partial charge in [-0.2, -0.15) is 0 Å². The smallest absolute Gasteiger partial charge is 0.282 e. The zero-order valence-electron chi connectivity index (χ0n) is 9.93. The number of hydrogen-bond donors (Lipinski definition) is 0. The van der Waals surface area contributed by atoms with Gasteiger partial charge in [0.25, 0.3) is 11.6 Å². The molecule has 0 atom stereocenters. The van der Waals surface area contributed by atoms with Crippen molar-refractivity contribution in [2.75, 3.05) is 7.05 Å². The number of hydrogen-bond acceptors (Lipinski definition) is 3. The number of carbonyl (C=O) groups excluding carboxylic acids is 1. The van der Waals surface area contributed by atoms with Crippen molar-refractivity contribution in [1.29, 1.82) is 0 Å². The SMILES string of the molecule is CN(C(=O)c1cc(F)ccc1[N+](=O)[O-])C1CCC1. The molecular formula is C12H13FN2O3. The van der Waals surface area contributed by atoms with Gasteiger partial charge in [-0.05, 0) is 31.4 Å². The second-order valence-electron chi connectivity index (χ2n) is 4.42. The second kappa shape index (κ2) is 4.72. The van der Waals surface area contributed by atoms with Crippen molar-refractivity contribution >= 4 is 11.6 Å². The van der Waals surface area contributed by atoms with Crippen LogP contribution in [0, 0.1) is 15.9 Å². The maximum absolute atomic E-state index is 13.1. The van der Waals surface area contributed by atoms with Gasteiger partial charge in [0.2, 0.25) is 0 Å². The molecule has 1 amide bonds. The molecule has 0 spiro atoms. The summed E-state index contributed by atoms with van der Waals surface area (Å²) in [5.41, 5.74) is -0.540. The Labute approximate surface area is 103 Å². The van der Waals surface area contributed by atoms with Crippen molar-refractivity contribution in [2.24, 2.45) is 0 Å². The third kappa shape index (κ3) is 2.18. The summed E-state index contributed by atoms with van der Waals surface area (Å²) in [6.45, 7) is 0. The van der Waals surface area contributed by atoms with E-state index in [1.54, 1.807) is 7.05 Å². The van der Waals surface area contributed by atoms with E-state index in [0.29, 0.717) is 0 Å². The summed E-state index contributed by atoms with van der Waals surface area (Å²) in [6.07, 6.45) is 2.84. The maximum Gasteiger partial charge on any atom is 0.282 e. The summed E-state index contributed by atoms with van der Waals surface area (Å²) < 4.78 is 13.1. The Morgan fingerprint density at radius 2 is 2.17 bits per heavy atom. The average molecular weight is 252 g/mol. The van der Waals surface area contributed by atoms with E-state index in [0.717, 1.165) is 37.5 Å². The quantitative estimate of drug-likeness (QED) is 0.612. The van der Waals surface area contributed by atoms with Crippen LogP contribution in [-0.2, 0) is 0 Å². The van der Waals surface area contributed by atoms with Crippen LogP contribution in [0.1, 0.15) is 29.6 Å². The highest BCUT2D eigenvalue weighted by atomic mass is 19.1. The lowest BCUT2D eigenvalue weighted by atomic mass is 9.91. The minimum Gasteiger partial charge on any atom is -0.339 e. The summed E-state index contributed by atoms with van der Waals surface area (Å²) in [6, 6.07) is 3.05. The number of carbonyl (C=O) groups is 1. The number of benzene rings is 1. The summed E-state index contributed by atoms with van der Waals surface area (Å²) in [4.78, 5) is 23.7. The van der Waals surface area contributed by atoms with Gasteiger partial charge in [0.15, 0.2) is 0 Å². The first-order chi connectivity index (χ1) is 8.50. The molecule has 0 saturated heterocycles. The predicted octanol–water partition coefficient (Wildman–Crippen LogP) is 2.36. The van der Waals surface area contributed by atoms with Crippen LogP contribution < -0.4 is 0 Å². The molecule has 0 aliphatic heterocycles. The Balaban J connectivity index is 2.33. The van der Waals surface area contributed by atoms with Crippen molar-refractivity contribution in [3.05, 3.63) is 39.7 Å². The van der Waals surface area contributed by atoms with Crippen molar-refractivity contribution in [1.82, 2.24) is 4.90 Å². The maximum atomic E-state index is 13.1. The van der Waals surface area contributed by atoms with Gasteiger partial charge in [0.05, 0.1) is 4.92 Å². The number of rotatable bonds is 3. The first kappa shape index (κ1) is 12.5. The number of nitrogens with zero attached hydrogens (tertiary/aromatic N) is 2. The number of nitro groups is 1. The molecule has 0 aromatic heterocycles. The summed E-state index contributed by atoms with van der Waals surface area (Å²) in [5, 5.41) is 10.8. The van der Waals surface area contributed by atoms with Gasteiger partial charge in [0.1, 0.15) is 11.4 Å². The largest absolute Gasteiger partial charge is 0.339 e. The third-order valence-corrected chi connectivity index (χ3v) is 3.33. The van der Waals surface area contributed by atoms with Crippen LogP contribution in [0.5, 0.6) is 0 Å². The highest BCUT2D eigenvalue weighted by molar-refractivity contribution is 5.98. The minimum absolute atomic E-state index is 0.111. The molecule has 1 fully saturated rings. The second-order valence-corrected chi connectivity index (χ2v) is 4.42. The Morgan fingerprint density at radius 1 is 1.50 bits per heavy atom. The van der Waals surface area contributed by atoms with Crippen LogP contribution in [0.25, 0.3) is 0 Å².